The third-order valence-corrected chi connectivity index (χ3v) is 4.60. The molecule has 2 aromatic carbocycles. The van der Waals surface area contributed by atoms with E-state index in [0.29, 0.717) is 11.8 Å². The Morgan fingerprint density at radius 3 is 1.50 bits per heavy atom. The largest absolute Gasteiger partial charge is 1.00 e. The van der Waals surface area contributed by atoms with Crippen LogP contribution in [0.4, 0.5) is 0 Å². The Hall–Kier alpha value is -0.885. The van der Waals surface area contributed by atoms with Crippen molar-refractivity contribution in [2.24, 2.45) is 0 Å². The van der Waals surface area contributed by atoms with Crippen LogP contribution in [0, 0.1) is 0 Å². The predicted octanol–water partition coefficient (Wildman–Crippen LogP) is -0.379. The van der Waals surface area contributed by atoms with Crippen molar-refractivity contribution in [1.29, 1.82) is 0 Å². The van der Waals surface area contributed by atoms with E-state index in [-0.39, 0.29) is 40.6 Å². The molecule has 2 aromatic rings. The molecule has 2 heteroatoms. The van der Waals surface area contributed by atoms with E-state index in [1.807, 2.05) is 0 Å². The van der Waals surface area contributed by atoms with Gasteiger partial charge in [-0.2, -0.15) is 0 Å². The average Bonchev–Trinajstić information content (AvgIpc) is 3.09. The fourth-order valence-corrected chi connectivity index (χ4v) is 3.51. The molecule has 0 radical (unpaired) electrons. The van der Waals surface area contributed by atoms with Crippen molar-refractivity contribution in [3.8, 4) is 0 Å². The molecule has 0 saturated heterocycles. The van der Waals surface area contributed by atoms with Gasteiger partial charge in [0.25, 0.3) is 0 Å². The zero-order chi connectivity index (χ0) is 13.4. The van der Waals surface area contributed by atoms with Crippen molar-refractivity contribution in [3.05, 3.63) is 82.9 Å². The Bertz CT molecular complexity index is 649. The predicted molar refractivity (Wildman–Crippen MR) is 87.9 cm³/mol. The van der Waals surface area contributed by atoms with E-state index in [0.717, 1.165) is 0 Å². The van der Waals surface area contributed by atoms with Crippen LogP contribution in [0.25, 0.3) is 12.2 Å². The molecule has 0 aliphatic heterocycles. The van der Waals surface area contributed by atoms with Crippen molar-refractivity contribution in [3.63, 3.8) is 0 Å². The van der Waals surface area contributed by atoms with E-state index in [1.165, 1.54) is 35.1 Å². The monoisotopic (exact) mass is 274 g/mol. The van der Waals surface area contributed by atoms with E-state index in [4.69, 9.17) is 0 Å². The maximum Gasteiger partial charge on any atom is 1.00 e. The summed E-state index contributed by atoms with van der Waals surface area (Å²) >= 11 is 0. The second-order valence-corrected chi connectivity index (χ2v) is 5.77. The Morgan fingerprint density at radius 2 is 1.05 bits per heavy atom. The van der Waals surface area contributed by atoms with Gasteiger partial charge in [0, 0.05) is 11.8 Å². The minimum Gasteiger partial charge on any atom is -1.00 e. The molecule has 2 unspecified atom stereocenters. The van der Waals surface area contributed by atoms with Gasteiger partial charge in [0.15, 0.2) is 0 Å². The topological polar surface area (TPSA) is 0 Å². The standard InChI is InChI=1S/C20H18.2Li.2H/c1-3-7-19-15(5-1)9-11-17(19)13-14-18-12-10-16-6-2-4-8-20(16)18;;;;/h1-12,17-18H,13-14H2;;;;/q;2*+1;2*-1. The molecule has 2 atom stereocenters. The zero-order valence-electron chi connectivity index (χ0n) is 15.5. The van der Waals surface area contributed by atoms with E-state index in [1.54, 1.807) is 0 Å². The van der Waals surface area contributed by atoms with Gasteiger partial charge in [0.2, 0.25) is 0 Å². The Kier molecular flexibility index (Phi) is 6.03. The molecular weight excluding hydrogens is 254 g/mol. The summed E-state index contributed by atoms with van der Waals surface area (Å²) in [5.41, 5.74) is 5.81. The van der Waals surface area contributed by atoms with Crippen molar-refractivity contribution >= 4 is 12.2 Å². The third kappa shape index (κ3) is 3.22. The molecule has 2 aliphatic carbocycles. The second kappa shape index (κ2) is 7.59. The maximum absolute atomic E-state index is 2.37. The summed E-state index contributed by atoms with van der Waals surface area (Å²) in [4.78, 5) is 0. The van der Waals surface area contributed by atoms with Gasteiger partial charge in [-0.15, -0.1) is 0 Å². The van der Waals surface area contributed by atoms with Crippen LogP contribution in [0.15, 0.2) is 60.7 Å². The molecule has 0 N–H and O–H groups in total. The molecule has 2 aliphatic rings. The molecule has 0 spiro atoms. The van der Waals surface area contributed by atoms with E-state index >= 15 is 0 Å². The van der Waals surface area contributed by atoms with E-state index in [9.17, 15) is 0 Å². The molecule has 0 heterocycles. The van der Waals surface area contributed by atoms with Gasteiger partial charge in [-0.1, -0.05) is 72.8 Å². The van der Waals surface area contributed by atoms with E-state index < -0.39 is 0 Å². The summed E-state index contributed by atoms with van der Waals surface area (Å²) in [7, 11) is 0. The van der Waals surface area contributed by atoms with Gasteiger partial charge in [-0.3, -0.25) is 0 Å². The molecule has 0 saturated carbocycles. The molecule has 0 amide bonds. The van der Waals surface area contributed by atoms with Gasteiger partial charge >= 0.3 is 37.7 Å². The Morgan fingerprint density at radius 1 is 0.636 bits per heavy atom. The van der Waals surface area contributed by atoms with Gasteiger partial charge in [-0.25, -0.2) is 0 Å². The first kappa shape index (κ1) is 17.5. The summed E-state index contributed by atoms with van der Waals surface area (Å²) in [5.74, 6) is 1.21. The average molecular weight is 274 g/mol. The first-order valence-corrected chi connectivity index (χ1v) is 7.46. The maximum atomic E-state index is 2.37. The van der Waals surface area contributed by atoms with Gasteiger partial charge in [0.1, 0.15) is 0 Å². The van der Waals surface area contributed by atoms with Gasteiger partial charge in [-0.05, 0) is 35.1 Å². The van der Waals surface area contributed by atoms with Crippen LogP contribution in [0.1, 0.15) is 49.8 Å². The number of hydrogen-bond donors (Lipinski definition) is 0. The van der Waals surface area contributed by atoms with Crippen molar-refractivity contribution in [2.45, 2.75) is 24.7 Å². The van der Waals surface area contributed by atoms with Gasteiger partial charge < -0.3 is 2.85 Å². The van der Waals surface area contributed by atoms with E-state index in [2.05, 4.69) is 72.8 Å². The van der Waals surface area contributed by atoms with Crippen LogP contribution >= 0.6 is 0 Å². The van der Waals surface area contributed by atoms with Crippen LogP contribution in [-0.2, 0) is 0 Å². The molecule has 0 nitrogen and oxygen atoms in total. The van der Waals surface area contributed by atoms with Crippen LogP contribution in [-0.4, -0.2) is 0 Å². The number of allylic oxidation sites excluding steroid dienone is 2. The number of fused-ring (bicyclic) bond motifs is 2. The summed E-state index contributed by atoms with van der Waals surface area (Å²) in [6, 6.07) is 17.6. The molecule has 0 aromatic heterocycles. The first-order chi connectivity index (χ1) is 9.92. The van der Waals surface area contributed by atoms with Crippen molar-refractivity contribution in [1.82, 2.24) is 0 Å². The molecule has 0 bridgehead atoms. The number of hydrogen-bond acceptors (Lipinski definition) is 0. The summed E-state index contributed by atoms with van der Waals surface area (Å²) in [6.07, 6.45) is 11.8. The number of rotatable bonds is 3. The van der Waals surface area contributed by atoms with Crippen LogP contribution in [0.5, 0.6) is 0 Å². The smallest absolute Gasteiger partial charge is 1.00 e. The summed E-state index contributed by atoms with van der Waals surface area (Å²) < 4.78 is 0. The molecule has 102 valence electrons. The molecule has 0 fully saturated rings. The Labute approximate surface area is 160 Å². The summed E-state index contributed by atoms with van der Waals surface area (Å²) in [6.45, 7) is 0. The third-order valence-electron chi connectivity index (χ3n) is 4.60. The summed E-state index contributed by atoms with van der Waals surface area (Å²) in [5, 5.41) is 0. The van der Waals surface area contributed by atoms with Crippen molar-refractivity contribution < 1.29 is 40.6 Å². The molecule has 22 heavy (non-hydrogen) atoms. The second-order valence-electron chi connectivity index (χ2n) is 5.77. The zero-order valence-corrected chi connectivity index (χ0v) is 13.5. The first-order valence-electron chi connectivity index (χ1n) is 7.46. The van der Waals surface area contributed by atoms with Crippen LogP contribution in [0.3, 0.4) is 0 Å². The van der Waals surface area contributed by atoms with Crippen LogP contribution in [0.2, 0.25) is 0 Å². The van der Waals surface area contributed by atoms with Crippen molar-refractivity contribution in [2.75, 3.05) is 0 Å². The molecular formula is C20H20Li2. The minimum atomic E-state index is 0. The van der Waals surface area contributed by atoms with Crippen LogP contribution < -0.4 is 37.7 Å². The Balaban J connectivity index is 0.00000132. The van der Waals surface area contributed by atoms with Gasteiger partial charge in [0.05, 0.1) is 0 Å². The quantitative estimate of drug-likeness (QED) is 0.670. The normalized spacial score (nSPS) is 20.0. The fourth-order valence-electron chi connectivity index (χ4n) is 3.51. The minimum absolute atomic E-state index is 0. The fraction of sp³-hybridized carbons (Fsp3) is 0.200. The number of benzene rings is 2. The molecule has 4 rings (SSSR count). The SMILES string of the molecule is C1=CC(CCC2C=Cc3ccccc32)c2ccccc21.[H-].[H-].[Li+].[Li+].